The lowest BCUT2D eigenvalue weighted by Gasteiger charge is -2.32. The second-order valence-corrected chi connectivity index (χ2v) is 11.2. The number of hydrogen-bond acceptors (Lipinski definition) is 6. The zero-order chi connectivity index (χ0) is 27.2. The minimum atomic E-state index is -0.637. The SMILES string of the molecule is CC(C)C[C@H](NC(=O)C1CCN(C)CC1)C(=O)N1CCC[C@H]1C(=O)NCc1cc(Cl)ccc1-n1cncn1. The Morgan fingerprint density at radius 2 is 1.87 bits per heavy atom. The van der Waals surface area contributed by atoms with Crippen molar-refractivity contribution in [1.29, 1.82) is 0 Å². The number of nitrogens with zero attached hydrogens (tertiary/aromatic N) is 5. The monoisotopic (exact) mass is 543 g/mol. The number of likely N-dealkylation sites (tertiary alicyclic amines) is 2. The maximum atomic E-state index is 13.7. The highest BCUT2D eigenvalue weighted by Crippen LogP contribution is 2.23. The molecule has 10 nitrogen and oxygen atoms in total. The first kappa shape index (κ1) is 28.0. The number of halogens is 1. The molecule has 2 saturated heterocycles. The predicted molar refractivity (Wildman–Crippen MR) is 145 cm³/mol. The summed E-state index contributed by atoms with van der Waals surface area (Å²) in [5, 5.41) is 10.8. The number of amides is 3. The zero-order valence-electron chi connectivity index (χ0n) is 22.4. The summed E-state index contributed by atoms with van der Waals surface area (Å²) < 4.78 is 1.62. The highest BCUT2D eigenvalue weighted by molar-refractivity contribution is 6.30. The Labute approximate surface area is 229 Å². The third kappa shape index (κ3) is 6.91. The molecule has 38 heavy (non-hydrogen) atoms. The van der Waals surface area contributed by atoms with E-state index in [1.165, 1.54) is 6.33 Å². The van der Waals surface area contributed by atoms with Gasteiger partial charge < -0.3 is 20.4 Å². The summed E-state index contributed by atoms with van der Waals surface area (Å²) in [6.07, 6.45) is 6.47. The van der Waals surface area contributed by atoms with Gasteiger partial charge in [-0.05, 0) is 81.9 Å². The molecular formula is C27H38ClN7O3. The van der Waals surface area contributed by atoms with Crippen LogP contribution in [0.15, 0.2) is 30.9 Å². The molecule has 2 N–H and O–H groups in total. The Bertz CT molecular complexity index is 1120. The summed E-state index contributed by atoms with van der Waals surface area (Å²) >= 11 is 6.22. The number of aromatic nitrogens is 3. The summed E-state index contributed by atoms with van der Waals surface area (Å²) in [6.45, 7) is 6.55. The second-order valence-electron chi connectivity index (χ2n) is 10.8. The van der Waals surface area contributed by atoms with Crippen molar-refractivity contribution < 1.29 is 14.4 Å². The fourth-order valence-corrected chi connectivity index (χ4v) is 5.50. The molecular weight excluding hydrogens is 506 g/mol. The Hall–Kier alpha value is -2.98. The van der Waals surface area contributed by atoms with E-state index in [0.29, 0.717) is 24.4 Å². The van der Waals surface area contributed by atoms with Crippen LogP contribution in [0.4, 0.5) is 0 Å². The number of nitrogens with one attached hydrogen (secondary N) is 2. The van der Waals surface area contributed by atoms with Gasteiger partial charge in [0.25, 0.3) is 0 Å². The molecule has 3 amide bonds. The van der Waals surface area contributed by atoms with Crippen molar-refractivity contribution in [1.82, 2.24) is 35.2 Å². The third-order valence-electron chi connectivity index (χ3n) is 7.41. The van der Waals surface area contributed by atoms with Crippen molar-refractivity contribution >= 4 is 29.3 Å². The third-order valence-corrected chi connectivity index (χ3v) is 7.64. The molecule has 2 aromatic rings. The number of hydrogen-bond donors (Lipinski definition) is 2. The van der Waals surface area contributed by atoms with Crippen LogP contribution in [0.25, 0.3) is 5.69 Å². The zero-order valence-corrected chi connectivity index (χ0v) is 23.2. The molecule has 206 valence electrons. The van der Waals surface area contributed by atoms with Gasteiger partial charge in [-0.2, -0.15) is 5.10 Å². The van der Waals surface area contributed by atoms with Gasteiger partial charge in [-0.25, -0.2) is 9.67 Å². The first-order valence-electron chi connectivity index (χ1n) is 13.4. The maximum absolute atomic E-state index is 13.7. The fraction of sp³-hybridized carbons (Fsp3) is 0.593. The Balaban J connectivity index is 1.42. The summed E-state index contributed by atoms with van der Waals surface area (Å²) in [7, 11) is 2.06. The van der Waals surface area contributed by atoms with Crippen molar-refractivity contribution in [2.45, 2.75) is 64.6 Å². The Morgan fingerprint density at radius 1 is 1.11 bits per heavy atom. The van der Waals surface area contributed by atoms with Crippen LogP contribution >= 0.6 is 11.6 Å². The molecule has 1 aromatic heterocycles. The van der Waals surface area contributed by atoms with Gasteiger partial charge in [0, 0.05) is 24.0 Å². The van der Waals surface area contributed by atoms with E-state index in [1.807, 2.05) is 19.9 Å². The van der Waals surface area contributed by atoms with Crippen LogP contribution < -0.4 is 10.6 Å². The molecule has 2 atom stereocenters. The molecule has 0 saturated carbocycles. The molecule has 2 fully saturated rings. The number of carbonyl (C=O) groups excluding carboxylic acids is 3. The average Bonchev–Trinajstić information content (AvgIpc) is 3.59. The van der Waals surface area contributed by atoms with E-state index < -0.39 is 12.1 Å². The van der Waals surface area contributed by atoms with Gasteiger partial charge in [0.2, 0.25) is 17.7 Å². The van der Waals surface area contributed by atoms with Crippen molar-refractivity contribution in [2.75, 3.05) is 26.7 Å². The van der Waals surface area contributed by atoms with Crippen LogP contribution in [0.5, 0.6) is 0 Å². The largest absolute Gasteiger partial charge is 0.350 e. The van der Waals surface area contributed by atoms with Crippen LogP contribution in [-0.4, -0.2) is 81.1 Å². The lowest BCUT2D eigenvalue weighted by molar-refractivity contribution is -0.142. The van der Waals surface area contributed by atoms with Gasteiger partial charge in [-0.3, -0.25) is 14.4 Å². The maximum Gasteiger partial charge on any atom is 0.245 e. The Kier molecular flexibility index (Phi) is 9.38. The molecule has 0 spiro atoms. The van der Waals surface area contributed by atoms with Gasteiger partial charge in [-0.15, -0.1) is 0 Å². The van der Waals surface area contributed by atoms with E-state index in [0.717, 1.165) is 43.6 Å². The van der Waals surface area contributed by atoms with Gasteiger partial charge >= 0.3 is 0 Å². The van der Waals surface area contributed by atoms with Crippen molar-refractivity contribution in [3.05, 3.63) is 41.4 Å². The molecule has 0 aliphatic carbocycles. The van der Waals surface area contributed by atoms with E-state index in [2.05, 4.69) is 32.7 Å². The summed E-state index contributed by atoms with van der Waals surface area (Å²) in [5.41, 5.74) is 1.55. The van der Waals surface area contributed by atoms with Gasteiger partial charge in [0.15, 0.2) is 0 Å². The minimum Gasteiger partial charge on any atom is -0.350 e. The number of benzene rings is 1. The van der Waals surface area contributed by atoms with Gasteiger partial charge in [-0.1, -0.05) is 25.4 Å². The first-order chi connectivity index (χ1) is 18.2. The smallest absolute Gasteiger partial charge is 0.245 e. The second kappa shape index (κ2) is 12.7. The molecule has 0 unspecified atom stereocenters. The summed E-state index contributed by atoms with van der Waals surface area (Å²) in [4.78, 5) is 47.9. The molecule has 1 aromatic carbocycles. The first-order valence-corrected chi connectivity index (χ1v) is 13.8. The molecule has 11 heteroatoms. The van der Waals surface area contributed by atoms with Crippen molar-refractivity contribution in [3.63, 3.8) is 0 Å². The van der Waals surface area contributed by atoms with Crippen LogP contribution in [0, 0.1) is 11.8 Å². The molecule has 3 heterocycles. The highest BCUT2D eigenvalue weighted by Gasteiger charge is 2.38. The number of carbonyl (C=O) groups is 3. The van der Waals surface area contributed by atoms with Crippen molar-refractivity contribution in [3.8, 4) is 5.69 Å². The molecule has 2 aliphatic rings. The topological polar surface area (TPSA) is 112 Å². The van der Waals surface area contributed by atoms with E-state index in [9.17, 15) is 14.4 Å². The number of rotatable bonds is 9. The average molecular weight is 544 g/mol. The van der Waals surface area contributed by atoms with E-state index in [1.54, 1.807) is 28.0 Å². The Morgan fingerprint density at radius 3 is 2.55 bits per heavy atom. The van der Waals surface area contributed by atoms with Crippen molar-refractivity contribution in [2.24, 2.45) is 11.8 Å². The van der Waals surface area contributed by atoms with Crippen LogP contribution in [-0.2, 0) is 20.9 Å². The number of piperidine rings is 1. The van der Waals surface area contributed by atoms with E-state index >= 15 is 0 Å². The lowest BCUT2D eigenvalue weighted by atomic mass is 9.94. The fourth-order valence-electron chi connectivity index (χ4n) is 5.31. The summed E-state index contributed by atoms with van der Waals surface area (Å²) in [5.74, 6) is -0.314. The molecule has 2 aliphatic heterocycles. The van der Waals surface area contributed by atoms with Crippen LogP contribution in [0.2, 0.25) is 5.02 Å². The predicted octanol–water partition coefficient (Wildman–Crippen LogP) is 2.40. The molecule has 0 radical (unpaired) electrons. The van der Waals surface area contributed by atoms with Crippen LogP contribution in [0.3, 0.4) is 0 Å². The van der Waals surface area contributed by atoms with Gasteiger partial charge in [0.05, 0.1) is 5.69 Å². The molecule has 4 rings (SSSR count). The van der Waals surface area contributed by atoms with E-state index in [4.69, 9.17) is 11.6 Å². The molecule has 0 bridgehead atoms. The van der Waals surface area contributed by atoms with E-state index in [-0.39, 0.29) is 36.1 Å². The highest BCUT2D eigenvalue weighted by atomic mass is 35.5. The summed E-state index contributed by atoms with van der Waals surface area (Å²) in [6, 6.07) is 4.16. The van der Waals surface area contributed by atoms with Crippen LogP contribution in [0.1, 0.15) is 51.5 Å². The lowest BCUT2D eigenvalue weighted by Crippen LogP contribution is -2.55. The minimum absolute atomic E-state index is 0.0566. The van der Waals surface area contributed by atoms with Gasteiger partial charge in [0.1, 0.15) is 24.7 Å². The quantitative estimate of drug-likeness (QED) is 0.502. The standard InChI is InChI=1S/C27H38ClN7O3/c1-18(2)13-22(32-25(36)19-8-11-33(3)12-9-19)27(38)34-10-4-5-24(34)26(37)30-15-20-14-21(28)6-7-23(20)35-17-29-16-31-35/h6-7,14,16-19,22,24H,4-5,8-13,15H2,1-3H3,(H,30,37)(H,32,36)/t22-,24-/m0/s1. The normalized spacial score (nSPS) is 19.5.